The van der Waals surface area contributed by atoms with Gasteiger partial charge in [0.25, 0.3) is 0 Å². The Hall–Kier alpha value is -1.84. The number of rotatable bonds is 2. The summed E-state index contributed by atoms with van der Waals surface area (Å²) >= 11 is 0. The molecule has 0 aromatic heterocycles. The maximum Gasteiger partial charge on any atom is 0.386 e. The molecule has 0 atom stereocenters. The summed E-state index contributed by atoms with van der Waals surface area (Å²) in [5, 5.41) is 11.3. The molecule has 128 valence electrons. The number of quaternary nitrogens is 1. The molecule has 3 rings (SSSR count). The van der Waals surface area contributed by atoms with Crippen molar-refractivity contribution in [3.63, 3.8) is 0 Å². The number of ether oxygens (including phenoxy) is 1. The smallest absolute Gasteiger partial charge is 0.386 e. The van der Waals surface area contributed by atoms with Crippen LogP contribution in [0.1, 0.15) is 17.2 Å². The minimum absolute atomic E-state index is 0. The molecule has 0 unspecified atom stereocenters. The number of urea groups is 1. The highest BCUT2D eigenvalue weighted by Crippen LogP contribution is 2.44. The lowest BCUT2D eigenvalue weighted by Gasteiger charge is -2.34. The van der Waals surface area contributed by atoms with Gasteiger partial charge in [0, 0.05) is 11.1 Å². The van der Waals surface area contributed by atoms with Gasteiger partial charge in [-0.2, -0.15) is 10.5 Å². The van der Waals surface area contributed by atoms with Crippen LogP contribution in [0, 0.1) is 0 Å². The SMILES string of the molecule is C[N+](C)(C)NC(=O)N(O)C1c2ccccc2Oc2ccccc21.[I-]. The molecule has 0 aliphatic carbocycles. The minimum Gasteiger partial charge on any atom is -1.00 e. The van der Waals surface area contributed by atoms with Crippen molar-refractivity contribution in [2.45, 2.75) is 6.04 Å². The van der Waals surface area contributed by atoms with Crippen molar-refractivity contribution in [1.29, 1.82) is 0 Å². The zero-order valence-electron chi connectivity index (χ0n) is 13.7. The largest absolute Gasteiger partial charge is 1.00 e. The second kappa shape index (κ2) is 6.96. The minimum atomic E-state index is -0.623. The number of nitrogens with zero attached hydrogens (tertiary/aromatic N) is 2. The average Bonchev–Trinajstić information content (AvgIpc) is 2.50. The van der Waals surface area contributed by atoms with E-state index >= 15 is 0 Å². The first-order valence-corrected chi connectivity index (χ1v) is 7.34. The van der Waals surface area contributed by atoms with Gasteiger partial charge in [0.15, 0.2) is 0 Å². The lowest BCUT2D eigenvalue weighted by Crippen LogP contribution is -3.00. The lowest BCUT2D eigenvalue weighted by molar-refractivity contribution is -0.906. The fraction of sp³-hybridized carbons (Fsp3) is 0.235. The van der Waals surface area contributed by atoms with E-state index in [1.54, 1.807) is 21.1 Å². The number of fused-ring (bicyclic) bond motifs is 2. The summed E-state index contributed by atoms with van der Waals surface area (Å²) in [6, 6.07) is 13.6. The first-order chi connectivity index (χ1) is 10.9. The highest BCUT2D eigenvalue weighted by Gasteiger charge is 2.35. The van der Waals surface area contributed by atoms with E-state index < -0.39 is 12.1 Å². The highest BCUT2D eigenvalue weighted by molar-refractivity contribution is 5.73. The molecule has 2 aromatic carbocycles. The molecule has 0 saturated heterocycles. The molecule has 0 spiro atoms. The van der Waals surface area contributed by atoms with Gasteiger partial charge in [-0.1, -0.05) is 36.4 Å². The molecule has 7 heteroatoms. The predicted molar refractivity (Wildman–Crippen MR) is 85.0 cm³/mol. The van der Waals surface area contributed by atoms with E-state index in [0.29, 0.717) is 11.5 Å². The molecular weight excluding hydrogens is 421 g/mol. The molecule has 0 fully saturated rings. The van der Waals surface area contributed by atoms with Crippen LogP contribution >= 0.6 is 0 Å². The Morgan fingerprint density at radius 2 is 1.50 bits per heavy atom. The number of para-hydroxylation sites is 2. The summed E-state index contributed by atoms with van der Waals surface area (Å²) in [6.07, 6.45) is 0. The number of carbonyl (C=O) groups excluding carboxylic acids is 1. The molecule has 6 nitrogen and oxygen atoms in total. The highest BCUT2D eigenvalue weighted by atomic mass is 127. The fourth-order valence-electron chi connectivity index (χ4n) is 2.60. The number of nitrogens with one attached hydrogen (secondary N) is 1. The van der Waals surface area contributed by atoms with E-state index in [1.165, 1.54) is 0 Å². The molecule has 1 aliphatic rings. The third-order valence-electron chi connectivity index (χ3n) is 3.53. The van der Waals surface area contributed by atoms with Crippen LogP contribution in [0.5, 0.6) is 11.5 Å². The molecule has 1 aliphatic heterocycles. The normalized spacial score (nSPS) is 13.0. The van der Waals surface area contributed by atoms with Gasteiger partial charge in [0.2, 0.25) is 0 Å². The Labute approximate surface area is 158 Å². The summed E-state index contributed by atoms with van der Waals surface area (Å²) in [4.78, 5) is 12.4. The number of carbonyl (C=O) groups is 1. The van der Waals surface area contributed by atoms with Gasteiger partial charge in [-0.15, -0.1) is 0 Å². The van der Waals surface area contributed by atoms with Crippen LogP contribution in [-0.4, -0.2) is 42.0 Å². The fourth-order valence-corrected chi connectivity index (χ4v) is 2.60. The quantitative estimate of drug-likeness (QED) is 0.297. The molecular formula is C17H20IN3O3. The zero-order valence-corrected chi connectivity index (χ0v) is 15.9. The van der Waals surface area contributed by atoms with Gasteiger partial charge in [-0.3, -0.25) is 5.21 Å². The number of hydroxylamine groups is 2. The average molecular weight is 441 g/mol. The Bertz CT molecular complexity index is 700. The summed E-state index contributed by atoms with van der Waals surface area (Å²) in [5.74, 6) is 1.27. The van der Waals surface area contributed by atoms with Gasteiger partial charge in [0.1, 0.15) is 17.5 Å². The van der Waals surface area contributed by atoms with E-state index in [4.69, 9.17) is 4.74 Å². The molecule has 1 heterocycles. The van der Waals surface area contributed by atoms with Crippen LogP contribution in [0.25, 0.3) is 0 Å². The van der Waals surface area contributed by atoms with Gasteiger partial charge >= 0.3 is 6.03 Å². The van der Waals surface area contributed by atoms with Gasteiger partial charge in [-0.25, -0.2) is 9.39 Å². The Morgan fingerprint density at radius 1 is 1.04 bits per heavy atom. The van der Waals surface area contributed by atoms with Crippen LogP contribution in [0.15, 0.2) is 48.5 Å². The van der Waals surface area contributed by atoms with E-state index in [9.17, 15) is 10.0 Å². The van der Waals surface area contributed by atoms with Crippen LogP contribution < -0.4 is 34.1 Å². The van der Waals surface area contributed by atoms with Crippen molar-refractivity contribution in [3.05, 3.63) is 59.7 Å². The predicted octanol–water partition coefficient (Wildman–Crippen LogP) is -0.0923. The molecule has 2 N–H and O–H groups in total. The molecule has 2 amide bonds. The Morgan fingerprint density at radius 3 is 1.96 bits per heavy atom. The first-order valence-electron chi connectivity index (χ1n) is 7.34. The second-order valence-corrected chi connectivity index (χ2v) is 6.35. The van der Waals surface area contributed by atoms with Crippen LogP contribution in [0.4, 0.5) is 4.79 Å². The third kappa shape index (κ3) is 3.63. The van der Waals surface area contributed by atoms with Crippen LogP contribution in [0.3, 0.4) is 0 Å². The second-order valence-electron chi connectivity index (χ2n) is 6.35. The third-order valence-corrected chi connectivity index (χ3v) is 3.53. The van der Waals surface area contributed by atoms with Crippen molar-refractivity contribution in [1.82, 2.24) is 10.5 Å². The number of benzene rings is 2. The van der Waals surface area contributed by atoms with E-state index in [-0.39, 0.29) is 28.6 Å². The monoisotopic (exact) mass is 441 g/mol. The number of halogens is 1. The van der Waals surface area contributed by atoms with Crippen LogP contribution in [-0.2, 0) is 0 Å². The van der Waals surface area contributed by atoms with Gasteiger partial charge < -0.3 is 28.7 Å². The molecule has 0 saturated carbocycles. The van der Waals surface area contributed by atoms with Gasteiger partial charge in [-0.05, 0) is 12.1 Å². The number of hydrogen-bond acceptors (Lipinski definition) is 3. The topological polar surface area (TPSA) is 61.8 Å². The van der Waals surface area contributed by atoms with E-state index in [0.717, 1.165) is 16.2 Å². The molecule has 24 heavy (non-hydrogen) atoms. The summed E-state index contributed by atoms with van der Waals surface area (Å²) in [6.45, 7) is 0. The van der Waals surface area contributed by atoms with Gasteiger partial charge in [0.05, 0.1) is 21.1 Å². The van der Waals surface area contributed by atoms with E-state index in [1.807, 2.05) is 48.5 Å². The first kappa shape index (κ1) is 18.5. The maximum absolute atomic E-state index is 12.4. The standard InChI is InChI=1S/C17H19N3O3.HI/c1-20(2,3)18-17(21)19(22)16-12-8-4-6-10-14(12)23-15-11-7-5-9-13(15)16;/h4-11,16,22H,1-3H3;1H. The molecule has 0 bridgehead atoms. The van der Waals surface area contributed by atoms with Crippen molar-refractivity contribution in [2.75, 3.05) is 21.1 Å². The maximum atomic E-state index is 12.4. The number of amides is 2. The van der Waals surface area contributed by atoms with Crippen LogP contribution in [0.2, 0.25) is 0 Å². The Kier molecular flexibility index (Phi) is 5.36. The summed E-state index contributed by atoms with van der Waals surface area (Å²) in [7, 11) is 5.41. The van der Waals surface area contributed by atoms with Crippen molar-refractivity contribution in [2.24, 2.45) is 0 Å². The van der Waals surface area contributed by atoms with Crippen molar-refractivity contribution in [3.8, 4) is 11.5 Å². The Balaban J connectivity index is 0.00000208. The zero-order chi connectivity index (χ0) is 16.6. The molecule has 2 aromatic rings. The van der Waals surface area contributed by atoms with Crippen molar-refractivity contribution >= 4 is 6.03 Å². The van der Waals surface area contributed by atoms with Crippen molar-refractivity contribution < 1.29 is 43.3 Å². The van der Waals surface area contributed by atoms with E-state index in [2.05, 4.69) is 5.43 Å². The lowest BCUT2D eigenvalue weighted by atomic mass is 9.94. The summed E-state index contributed by atoms with van der Waals surface area (Å²) < 4.78 is 6.06. The number of hydrogen-bond donors (Lipinski definition) is 2. The molecule has 0 radical (unpaired) electrons. The summed E-state index contributed by atoms with van der Waals surface area (Å²) in [5.41, 5.74) is 4.19.